The highest BCUT2D eigenvalue weighted by Crippen LogP contribution is 2.08. The van der Waals surface area contributed by atoms with Crippen LogP contribution >= 0.6 is 0 Å². The molecular weight excluding hydrogens is 162 g/mol. The minimum atomic E-state index is 0.371. The van der Waals surface area contributed by atoms with E-state index < -0.39 is 0 Å². The van der Waals surface area contributed by atoms with Gasteiger partial charge in [0.25, 0.3) is 0 Å². The minimum Gasteiger partial charge on any atom is -0.375 e. The van der Waals surface area contributed by atoms with Crippen molar-refractivity contribution in [1.29, 1.82) is 0 Å². The summed E-state index contributed by atoms with van der Waals surface area (Å²) >= 11 is 0. The summed E-state index contributed by atoms with van der Waals surface area (Å²) < 4.78 is 5.57. The Bertz CT molecular complexity index is 127. The quantitative estimate of drug-likeness (QED) is 0.607. The van der Waals surface area contributed by atoms with Gasteiger partial charge in [0.2, 0.25) is 0 Å². The van der Waals surface area contributed by atoms with E-state index >= 15 is 0 Å². The lowest BCUT2D eigenvalue weighted by atomic mass is 10.2. The second kappa shape index (κ2) is 6.39. The lowest BCUT2D eigenvalue weighted by Gasteiger charge is -2.32. The zero-order valence-electron chi connectivity index (χ0n) is 8.96. The summed E-state index contributed by atoms with van der Waals surface area (Å²) in [6.07, 6.45) is 6.54. The van der Waals surface area contributed by atoms with Crippen molar-refractivity contribution in [2.24, 2.45) is 0 Å². The Morgan fingerprint density at radius 3 is 3.00 bits per heavy atom. The van der Waals surface area contributed by atoms with Crippen LogP contribution in [0.25, 0.3) is 0 Å². The fourth-order valence-electron chi connectivity index (χ4n) is 1.72. The molecule has 0 bridgehead atoms. The SMILES string of the molecule is C[CH]C1CN(CCCCC)CCO1. The number of hydrogen-bond donors (Lipinski definition) is 0. The van der Waals surface area contributed by atoms with Gasteiger partial charge in [-0.2, -0.15) is 0 Å². The van der Waals surface area contributed by atoms with Crippen LogP contribution in [0.1, 0.15) is 33.1 Å². The normalized spacial score (nSPS) is 24.9. The molecule has 1 atom stereocenters. The van der Waals surface area contributed by atoms with Crippen molar-refractivity contribution in [2.75, 3.05) is 26.2 Å². The molecule has 0 aromatic rings. The van der Waals surface area contributed by atoms with Crippen LogP contribution in [-0.4, -0.2) is 37.2 Å². The highest BCUT2D eigenvalue weighted by Gasteiger charge is 2.17. The monoisotopic (exact) mass is 184 g/mol. The topological polar surface area (TPSA) is 12.5 Å². The molecule has 1 fully saturated rings. The third kappa shape index (κ3) is 4.10. The molecule has 77 valence electrons. The maximum Gasteiger partial charge on any atom is 0.0731 e. The van der Waals surface area contributed by atoms with E-state index in [9.17, 15) is 0 Å². The van der Waals surface area contributed by atoms with Gasteiger partial charge in [-0.05, 0) is 19.4 Å². The van der Waals surface area contributed by atoms with Gasteiger partial charge in [0.15, 0.2) is 0 Å². The second-order valence-electron chi connectivity index (χ2n) is 3.75. The maximum absolute atomic E-state index is 5.57. The first-order valence-electron chi connectivity index (χ1n) is 5.50. The van der Waals surface area contributed by atoms with Gasteiger partial charge in [-0.25, -0.2) is 0 Å². The first-order chi connectivity index (χ1) is 6.36. The Morgan fingerprint density at radius 1 is 1.46 bits per heavy atom. The Kier molecular flexibility index (Phi) is 5.40. The molecule has 0 N–H and O–H groups in total. The smallest absolute Gasteiger partial charge is 0.0731 e. The molecule has 1 aliphatic heterocycles. The predicted octanol–water partition coefficient (Wildman–Crippen LogP) is 2.10. The predicted molar refractivity (Wildman–Crippen MR) is 55.7 cm³/mol. The molecule has 0 aromatic heterocycles. The molecule has 1 unspecified atom stereocenters. The third-order valence-electron chi connectivity index (χ3n) is 2.63. The molecule has 1 saturated heterocycles. The number of hydrogen-bond acceptors (Lipinski definition) is 2. The molecule has 1 aliphatic rings. The molecule has 1 radical (unpaired) electrons. The Morgan fingerprint density at radius 2 is 2.31 bits per heavy atom. The van der Waals surface area contributed by atoms with E-state index in [4.69, 9.17) is 4.74 Å². The highest BCUT2D eigenvalue weighted by atomic mass is 16.5. The molecular formula is C11H22NO. The Balaban J connectivity index is 2.11. The molecule has 0 spiro atoms. The van der Waals surface area contributed by atoms with Gasteiger partial charge in [0.05, 0.1) is 12.7 Å². The fraction of sp³-hybridized carbons (Fsp3) is 0.909. The number of rotatable bonds is 5. The van der Waals surface area contributed by atoms with Crippen LogP contribution in [0.3, 0.4) is 0 Å². The fourth-order valence-corrected chi connectivity index (χ4v) is 1.72. The molecule has 0 amide bonds. The second-order valence-corrected chi connectivity index (χ2v) is 3.75. The van der Waals surface area contributed by atoms with E-state index in [-0.39, 0.29) is 0 Å². The summed E-state index contributed by atoms with van der Waals surface area (Å²) in [7, 11) is 0. The summed E-state index contributed by atoms with van der Waals surface area (Å²) in [6.45, 7) is 8.71. The minimum absolute atomic E-state index is 0.371. The first-order valence-corrected chi connectivity index (χ1v) is 5.50. The van der Waals surface area contributed by atoms with E-state index in [1.165, 1.54) is 25.8 Å². The van der Waals surface area contributed by atoms with Crippen molar-refractivity contribution in [2.45, 2.75) is 39.2 Å². The van der Waals surface area contributed by atoms with Gasteiger partial charge in [0, 0.05) is 13.1 Å². The van der Waals surface area contributed by atoms with Gasteiger partial charge in [-0.15, -0.1) is 0 Å². The van der Waals surface area contributed by atoms with Crippen molar-refractivity contribution in [3.63, 3.8) is 0 Å². The van der Waals surface area contributed by atoms with E-state index in [0.29, 0.717) is 6.10 Å². The van der Waals surface area contributed by atoms with Crippen molar-refractivity contribution in [1.82, 2.24) is 4.90 Å². The molecule has 0 saturated carbocycles. The van der Waals surface area contributed by atoms with Crippen LogP contribution in [0.2, 0.25) is 0 Å². The lowest BCUT2D eigenvalue weighted by Crippen LogP contribution is -2.42. The molecule has 2 heteroatoms. The van der Waals surface area contributed by atoms with Crippen LogP contribution < -0.4 is 0 Å². The van der Waals surface area contributed by atoms with Gasteiger partial charge < -0.3 is 4.74 Å². The average molecular weight is 184 g/mol. The van der Waals surface area contributed by atoms with Crippen LogP contribution in [0, 0.1) is 6.42 Å². The molecule has 2 nitrogen and oxygen atoms in total. The lowest BCUT2D eigenvalue weighted by molar-refractivity contribution is -0.0115. The van der Waals surface area contributed by atoms with Crippen molar-refractivity contribution < 1.29 is 4.74 Å². The molecule has 0 aliphatic carbocycles. The largest absolute Gasteiger partial charge is 0.375 e. The summed E-state index contributed by atoms with van der Waals surface area (Å²) in [6, 6.07) is 0. The van der Waals surface area contributed by atoms with E-state index in [1.54, 1.807) is 0 Å². The molecule has 0 aromatic carbocycles. The van der Waals surface area contributed by atoms with Gasteiger partial charge in [-0.1, -0.05) is 26.7 Å². The number of ether oxygens (including phenoxy) is 1. The number of unbranched alkanes of at least 4 members (excludes halogenated alkanes) is 2. The van der Waals surface area contributed by atoms with E-state index in [1.807, 2.05) is 0 Å². The van der Waals surface area contributed by atoms with E-state index in [2.05, 4.69) is 25.2 Å². The van der Waals surface area contributed by atoms with Crippen LogP contribution in [0.15, 0.2) is 0 Å². The summed E-state index contributed by atoms with van der Waals surface area (Å²) in [5.41, 5.74) is 0. The van der Waals surface area contributed by atoms with E-state index in [0.717, 1.165) is 19.7 Å². The molecule has 13 heavy (non-hydrogen) atoms. The average Bonchev–Trinajstić information content (AvgIpc) is 2.19. The molecule has 1 rings (SSSR count). The standard InChI is InChI=1S/C11H22NO/c1-3-5-6-7-12-8-9-13-11(4-2)10-12/h4,11H,3,5-10H2,1-2H3. The number of morpholine rings is 1. The van der Waals surface area contributed by atoms with Gasteiger partial charge in [0.1, 0.15) is 0 Å². The summed E-state index contributed by atoms with van der Waals surface area (Å²) in [4.78, 5) is 2.52. The first kappa shape index (κ1) is 11.0. The van der Waals surface area contributed by atoms with Crippen molar-refractivity contribution in [3.05, 3.63) is 6.42 Å². The van der Waals surface area contributed by atoms with Gasteiger partial charge >= 0.3 is 0 Å². The Hall–Kier alpha value is -0.0800. The van der Waals surface area contributed by atoms with Crippen molar-refractivity contribution in [3.8, 4) is 0 Å². The zero-order chi connectivity index (χ0) is 9.52. The summed E-state index contributed by atoms with van der Waals surface area (Å²) in [5.74, 6) is 0. The van der Waals surface area contributed by atoms with Gasteiger partial charge in [-0.3, -0.25) is 4.90 Å². The van der Waals surface area contributed by atoms with Crippen LogP contribution in [-0.2, 0) is 4.74 Å². The highest BCUT2D eigenvalue weighted by molar-refractivity contribution is 4.79. The third-order valence-corrected chi connectivity index (χ3v) is 2.63. The zero-order valence-corrected chi connectivity index (χ0v) is 8.96. The van der Waals surface area contributed by atoms with Crippen LogP contribution in [0.4, 0.5) is 0 Å². The maximum atomic E-state index is 5.57. The van der Waals surface area contributed by atoms with Crippen LogP contribution in [0.5, 0.6) is 0 Å². The summed E-state index contributed by atoms with van der Waals surface area (Å²) in [5, 5.41) is 0. The van der Waals surface area contributed by atoms with Crippen molar-refractivity contribution >= 4 is 0 Å². The Labute approximate surface area is 82.3 Å². The number of nitrogens with zero attached hydrogens (tertiary/aromatic N) is 1. The molecule has 1 heterocycles.